The molecule has 0 atom stereocenters. The maximum atomic E-state index is 11.8. The van der Waals surface area contributed by atoms with Gasteiger partial charge in [-0.1, -0.05) is 36.4 Å². The number of nitrogens with one attached hydrogen (secondary N) is 2. The maximum absolute atomic E-state index is 11.8. The third kappa shape index (κ3) is 5.83. The van der Waals surface area contributed by atoms with E-state index in [4.69, 9.17) is 9.47 Å². The molecule has 2 aromatic carbocycles. The summed E-state index contributed by atoms with van der Waals surface area (Å²) in [6, 6.07) is 14.6. The van der Waals surface area contributed by atoms with Gasteiger partial charge in [-0.15, -0.1) is 0 Å². The van der Waals surface area contributed by atoms with Crippen LogP contribution in [0.1, 0.15) is 11.1 Å². The molecule has 0 heterocycles. The predicted molar refractivity (Wildman–Crippen MR) is 100 cm³/mol. The highest BCUT2D eigenvalue weighted by molar-refractivity contribution is 5.96. The molecule has 6 nitrogen and oxygen atoms in total. The van der Waals surface area contributed by atoms with Gasteiger partial charge in [-0.2, -0.15) is 0 Å². The number of hydrazine groups is 1. The number of amides is 2. The van der Waals surface area contributed by atoms with E-state index in [-0.39, 0.29) is 0 Å². The quantitative estimate of drug-likeness (QED) is 0.619. The first kappa shape index (κ1) is 18.8. The van der Waals surface area contributed by atoms with Gasteiger partial charge >= 0.3 is 0 Å². The number of rotatable bonds is 6. The van der Waals surface area contributed by atoms with Crippen molar-refractivity contribution in [3.05, 3.63) is 71.8 Å². The Bertz CT molecular complexity index is 814. The maximum Gasteiger partial charge on any atom is 0.262 e. The fourth-order valence-electron chi connectivity index (χ4n) is 2.07. The average Bonchev–Trinajstić information content (AvgIpc) is 2.69. The molecule has 2 amide bonds. The van der Waals surface area contributed by atoms with Gasteiger partial charge in [0.1, 0.15) is 0 Å². The molecule has 0 aromatic heterocycles. The smallest absolute Gasteiger partial charge is 0.262 e. The van der Waals surface area contributed by atoms with Gasteiger partial charge in [0.25, 0.3) is 11.8 Å². The first-order valence-electron chi connectivity index (χ1n) is 7.85. The SMILES string of the molecule is COc1ccc(/C=C/C(=O)NNC(=O)C=Cc2ccccc2)cc1OC. The van der Waals surface area contributed by atoms with Crippen molar-refractivity contribution in [2.75, 3.05) is 14.2 Å². The van der Waals surface area contributed by atoms with E-state index in [2.05, 4.69) is 10.9 Å². The number of carbonyl (C=O) groups excluding carboxylic acids is 2. The molecule has 0 spiro atoms. The second-order valence-corrected chi connectivity index (χ2v) is 5.17. The second-order valence-electron chi connectivity index (χ2n) is 5.17. The summed E-state index contributed by atoms with van der Waals surface area (Å²) < 4.78 is 10.4. The minimum Gasteiger partial charge on any atom is -0.493 e. The Hall–Kier alpha value is -3.54. The van der Waals surface area contributed by atoms with Crippen LogP contribution in [0.4, 0.5) is 0 Å². The topological polar surface area (TPSA) is 76.7 Å². The van der Waals surface area contributed by atoms with Gasteiger partial charge in [-0.25, -0.2) is 0 Å². The standard InChI is InChI=1S/C20H20N2O4/c1-25-17-11-8-16(14-18(17)26-2)10-13-20(24)22-21-19(23)12-9-15-6-4-3-5-7-15/h3-14H,1-2H3,(H,21,23)(H,22,24)/b12-9?,13-10+. The number of hydrogen-bond donors (Lipinski definition) is 2. The fraction of sp³-hybridized carbons (Fsp3) is 0.100. The van der Waals surface area contributed by atoms with Crippen LogP contribution in [0.3, 0.4) is 0 Å². The van der Waals surface area contributed by atoms with Crippen molar-refractivity contribution >= 4 is 24.0 Å². The Morgan fingerprint density at radius 3 is 1.92 bits per heavy atom. The van der Waals surface area contributed by atoms with Gasteiger partial charge in [0.15, 0.2) is 11.5 Å². The predicted octanol–water partition coefficient (Wildman–Crippen LogP) is 2.58. The van der Waals surface area contributed by atoms with Crippen LogP contribution in [0, 0.1) is 0 Å². The van der Waals surface area contributed by atoms with Gasteiger partial charge < -0.3 is 9.47 Å². The van der Waals surface area contributed by atoms with Gasteiger partial charge in [0, 0.05) is 12.2 Å². The highest BCUT2D eigenvalue weighted by Gasteiger charge is 2.03. The molecule has 26 heavy (non-hydrogen) atoms. The Balaban J connectivity index is 1.85. The zero-order valence-corrected chi connectivity index (χ0v) is 14.6. The number of benzene rings is 2. The molecule has 0 saturated heterocycles. The molecular weight excluding hydrogens is 332 g/mol. The van der Waals surface area contributed by atoms with Crippen molar-refractivity contribution < 1.29 is 19.1 Å². The molecule has 0 fully saturated rings. The highest BCUT2D eigenvalue weighted by Crippen LogP contribution is 2.27. The molecule has 134 valence electrons. The summed E-state index contributed by atoms with van der Waals surface area (Å²) in [7, 11) is 3.09. The summed E-state index contributed by atoms with van der Waals surface area (Å²) in [4.78, 5) is 23.5. The fourth-order valence-corrected chi connectivity index (χ4v) is 2.07. The number of carbonyl (C=O) groups is 2. The minimum absolute atomic E-state index is 0.429. The lowest BCUT2D eigenvalue weighted by Crippen LogP contribution is -2.39. The van der Waals surface area contributed by atoms with Crippen molar-refractivity contribution in [1.82, 2.24) is 10.9 Å². The van der Waals surface area contributed by atoms with E-state index in [0.717, 1.165) is 11.1 Å². The molecule has 0 saturated carbocycles. The molecule has 0 aliphatic carbocycles. The van der Waals surface area contributed by atoms with Crippen molar-refractivity contribution in [2.45, 2.75) is 0 Å². The van der Waals surface area contributed by atoms with E-state index in [9.17, 15) is 9.59 Å². The summed E-state index contributed by atoms with van der Waals surface area (Å²) in [5.74, 6) is 0.281. The summed E-state index contributed by atoms with van der Waals surface area (Å²) in [6.07, 6.45) is 5.90. The van der Waals surface area contributed by atoms with E-state index < -0.39 is 11.8 Å². The summed E-state index contributed by atoms with van der Waals surface area (Å²) >= 11 is 0. The molecule has 0 aliphatic rings. The third-order valence-corrected chi connectivity index (χ3v) is 3.37. The monoisotopic (exact) mass is 352 g/mol. The lowest BCUT2D eigenvalue weighted by molar-refractivity contribution is -0.123. The first-order valence-corrected chi connectivity index (χ1v) is 7.85. The van der Waals surface area contributed by atoms with E-state index in [1.165, 1.54) is 19.3 Å². The Kier molecular flexibility index (Phi) is 7.00. The molecule has 0 unspecified atom stereocenters. The zero-order chi connectivity index (χ0) is 18.8. The van der Waals surface area contributed by atoms with Crippen molar-refractivity contribution in [2.24, 2.45) is 0 Å². The molecule has 2 rings (SSSR count). The Morgan fingerprint density at radius 2 is 1.35 bits per heavy atom. The minimum atomic E-state index is -0.457. The number of hydrogen-bond acceptors (Lipinski definition) is 4. The van der Waals surface area contributed by atoms with E-state index >= 15 is 0 Å². The van der Waals surface area contributed by atoms with Crippen molar-refractivity contribution in [3.8, 4) is 11.5 Å². The van der Waals surface area contributed by atoms with Gasteiger partial charge in [0.2, 0.25) is 0 Å². The van der Waals surface area contributed by atoms with Crippen LogP contribution < -0.4 is 20.3 Å². The molecule has 2 aromatic rings. The number of methoxy groups -OCH3 is 2. The van der Waals surface area contributed by atoms with Crippen LogP contribution in [0.2, 0.25) is 0 Å². The van der Waals surface area contributed by atoms with Gasteiger partial charge in [-0.05, 0) is 35.4 Å². The lowest BCUT2D eigenvalue weighted by atomic mass is 10.2. The van der Waals surface area contributed by atoms with Crippen LogP contribution in [0.25, 0.3) is 12.2 Å². The van der Waals surface area contributed by atoms with Gasteiger partial charge in [-0.3, -0.25) is 20.4 Å². The van der Waals surface area contributed by atoms with Crippen LogP contribution in [-0.4, -0.2) is 26.0 Å². The summed E-state index contributed by atoms with van der Waals surface area (Å²) in [6.45, 7) is 0. The van der Waals surface area contributed by atoms with Crippen LogP contribution in [0.5, 0.6) is 11.5 Å². The molecule has 0 bridgehead atoms. The lowest BCUT2D eigenvalue weighted by Gasteiger charge is -2.07. The summed E-state index contributed by atoms with van der Waals surface area (Å²) in [5.41, 5.74) is 6.26. The first-order chi connectivity index (χ1) is 12.6. The Labute approximate surface area is 152 Å². The molecular formula is C20H20N2O4. The normalized spacial score (nSPS) is 10.7. The zero-order valence-electron chi connectivity index (χ0n) is 14.6. The second kappa shape index (κ2) is 9.68. The third-order valence-electron chi connectivity index (χ3n) is 3.37. The van der Waals surface area contributed by atoms with E-state index in [0.29, 0.717) is 11.5 Å². The van der Waals surface area contributed by atoms with Crippen molar-refractivity contribution in [3.63, 3.8) is 0 Å². The molecule has 2 N–H and O–H groups in total. The van der Waals surface area contributed by atoms with Crippen LogP contribution in [0.15, 0.2) is 60.7 Å². The van der Waals surface area contributed by atoms with E-state index in [1.807, 2.05) is 30.3 Å². The highest BCUT2D eigenvalue weighted by atomic mass is 16.5. The molecule has 0 aliphatic heterocycles. The van der Waals surface area contributed by atoms with Crippen molar-refractivity contribution in [1.29, 1.82) is 0 Å². The van der Waals surface area contributed by atoms with Crippen LogP contribution >= 0.6 is 0 Å². The molecule has 0 radical (unpaired) electrons. The number of ether oxygens (including phenoxy) is 2. The summed E-state index contributed by atoms with van der Waals surface area (Å²) in [5, 5.41) is 0. The largest absolute Gasteiger partial charge is 0.493 e. The Morgan fingerprint density at radius 1 is 0.769 bits per heavy atom. The average molecular weight is 352 g/mol. The van der Waals surface area contributed by atoms with Gasteiger partial charge in [0.05, 0.1) is 14.2 Å². The molecule has 6 heteroatoms. The van der Waals surface area contributed by atoms with Crippen LogP contribution in [-0.2, 0) is 9.59 Å². The van der Waals surface area contributed by atoms with E-state index in [1.54, 1.807) is 37.5 Å².